The van der Waals surface area contributed by atoms with E-state index in [1.54, 1.807) is 7.11 Å². The highest BCUT2D eigenvalue weighted by atomic mass is 16.5. The van der Waals surface area contributed by atoms with Crippen LogP contribution in [0.25, 0.3) is 22.2 Å². The Morgan fingerprint density at radius 2 is 1.55 bits per heavy atom. The number of ether oxygens (including phenoxy) is 1. The summed E-state index contributed by atoms with van der Waals surface area (Å²) in [6.07, 6.45) is 0. The summed E-state index contributed by atoms with van der Waals surface area (Å²) in [5, 5.41) is 1.12. The molecule has 0 unspecified atom stereocenters. The number of nitrogens with zero attached hydrogens (tertiary/aromatic N) is 1. The van der Waals surface area contributed by atoms with E-state index in [1.165, 1.54) is 0 Å². The van der Waals surface area contributed by atoms with E-state index in [1.807, 2.05) is 56.3 Å². The molecule has 0 radical (unpaired) electrons. The minimum atomic E-state index is 0.834. The van der Waals surface area contributed by atoms with Gasteiger partial charge in [0.15, 0.2) is 0 Å². The number of rotatable bonds is 2. The van der Waals surface area contributed by atoms with Gasteiger partial charge in [0.1, 0.15) is 5.75 Å². The molecular weight excluding hydrogens is 246 g/mol. The second kappa shape index (κ2) is 6.71. The highest BCUT2D eigenvalue weighted by Gasteiger charge is 2.02. The molecule has 0 saturated heterocycles. The zero-order valence-electron chi connectivity index (χ0n) is 12.1. The quantitative estimate of drug-likeness (QED) is 0.655. The van der Waals surface area contributed by atoms with Crippen molar-refractivity contribution in [3.8, 4) is 17.0 Å². The van der Waals surface area contributed by atoms with E-state index < -0.39 is 0 Å². The molecule has 2 heteroatoms. The summed E-state index contributed by atoms with van der Waals surface area (Å²) in [6.45, 7) is 4.00. The van der Waals surface area contributed by atoms with Crippen molar-refractivity contribution in [1.29, 1.82) is 0 Å². The van der Waals surface area contributed by atoms with Crippen LogP contribution in [0, 0.1) is 0 Å². The molecule has 0 fully saturated rings. The van der Waals surface area contributed by atoms with Crippen LogP contribution in [-0.2, 0) is 0 Å². The minimum absolute atomic E-state index is 0.834. The van der Waals surface area contributed by atoms with Gasteiger partial charge in [-0.25, -0.2) is 4.98 Å². The lowest BCUT2D eigenvalue weighted by molar-refractivity contribution is 0.415. The fourth-order valence-corrected chi connectivity index (χ4v) is 1.99. The molecule has 0 N–H and O–H groups in total. The molecule has 0 aliphatic carbocycles. The van der Waals surface area contributed by atoms with Crippen LogP contribution in [0.5, 0.6) is 5.75 Å². The summed E-state index contributed by atoms with van der Waals surface area (Å²) in [4.78, 5) is 4.67. The number of aromatic nitrogens is 1. The molecule has 102 valence electrons. The van der Waals surface area contributed by atoms with Gasteiger partial charge in [0.25, 0.3) is 0 Å². The van der Waals surface area contributed by atoms with Crippen molar-refractivity contribution < 1.29 is 4.74 Å². The molecule has 3 aromatic rings. The minimum Gasteiger partial charge on any atom is -0.497 e. The maximum absolute atomic E-state index is 5.23. The van der Waals surface area contributed by atoms with Gasteiger partial charge in [0.05, 0.1) is 18.3 Å². The van der Waals surface area contributed by atoms with Crippen molar-refractivity contribution in [3.05, 3.63) is 60.7 Å². The first kappa shape index (κ1) is 14.1. The molecule has 0 atom stereocenters. The molecule has 1 aromatic heterocycles. The van der Waals surface area contributed by atoms with Crippen molar-refractivity contribution in [2.75, 3.05) is 7.11 Å². The van der Waals surface area contributed by atoms with Crippen LogP contribution < -0.4 is 4.74 Å². The van der Waals surface area contributed by atoms with Gasteiger partial charge in [-0.3, -0.25) is 0 Å². The fraction of sp³-hybridized carbons (Fsp3) is 0.167. The van der Waals surface area contributed by atoms with Gasteiger partial charge < -0.3 is 4.74 Å². The van der Waals surface area contributed by atoms with Gasteiger partial charge in [0.2, 0.25) is 0 Å². The lowest BCUT2D eigenvalue weighted by Gasteiger charge is -2.05. The molecule has 0 aliphatic rings. The largest absolute Gasteiger partial charge is 0.497 e. The molecule has 3 rings (SSSR count). The molecule has 0 aliphatic heterocycles. The van der Waals surface area contributed by atoms with Crippen molar-refractivity contribution in [1.82, 2.24) is 4.98 Å². The normalized spacial score (nSPS) is 9.75. The summed E-state index contributed by atoms with van der Waals surface area (Å²) >= 11 is 0. The molecule has 0 bridgehead atoms. The van der Waals surface area contributed by atoms with Crippen molar-refractivity contribution >= 4 is 10.9 Å². The van der Waals surface area contributed by atoms with Crippen LogP contribution in [0.4, 0.5) is 0 Å². The molecule has 0 saturated carbocycles. The number of fused-ring (bicyclic) bond motifs is 1. The lowest BCUT2D eigenvalue weighted by Crippen LogP contribution is -1.87. The first-order valence-corrected chi connectivity index (χ1v) is 6.87. The fourth-order valence-electron chi connectivity index (χ4n) is 1.99. The molecule has 0 amide bonds. The highest BCUT2D eigenvalue weighted by molar-refractivity contribution is 5.82. The average molecular weight is 265 g/mol. The van der Waals surface area contributed by atoms with Crippen LogP contribution >= 0.6 is 0 Å². The topological polar surface area (TPSA) is 22.1 Å². The Labute approximate surface area is 120 Å². The zero-order chi connectivity index (χ0) is 14.4. The van der Waals surface area contributed by atoms with Gasteiger partial charge in [-0.15, -0.1) is 0 Å². The summed E-state index contributed by atoms with van der Waals surface area (Å²) in [5.74, 6) is 0.834. The summed E-state index contributed by atoms with van der Waals surface area (Å²) in [5.41, 5.74) is 3.06. The van der Waals surface area contributed by atoms with E-state index in [-0.39, 0.29) is 0 Å². The molecule has 2 nitrogen and oxygen atoms in total. The second-order valence-electron chi connectivity index (χ2n) is 4.12. The molecule has 1 heterocycles. The van der Waals surface area contributed by atoms with Crippen molar-refractivity contribution in [2.24, 2.45) is 0 Å². The number of hydrogen-bond acceptors (Lipinski definition) is 2. The van der Waals surface area contributed by atoms with Crippen LogP contribution in [-0.4, -0.2) is 12.1 Å². The summed E-state index contributed by atoms with van der Waals surface area (Å²) in [7, 11) is 1.67. The van der Waals surface area contributed by atoms with Crippen LogP contribution in [0.2, 0.25) is 0 Å². The third-order valence-corrected chi connectivity index (χ3v) is 2.97. The number of hydrogen-bond donors (Lipinski definition) is 0. The first-order chi connectivity index (χ1) is 9.86. The average Bonchev–Trinajstić information content (AvgIpc) is 2.56. The van der Waals surface area contributed by atoms with E-state index in [9.17, 15) is 0 Å². The van der Waals surface area contributed by atoms with E-state index in [0.717, 1.165) is 27.9 Å². The molecule has 2 aromatic carbocycles. The Bertz CT molecular complexity index is 677. The van der Waals surface area contributed by atoms with Crippen LogP contribution in [0.1, 0.15) is 13.8 Å². The van der Waals surface area contributed by atoms with Gasteiger partial charge >= 0.3 is 0 Å². The molecule has 0 spiro atoms. The monoisotopic (exact) mass is 265 g/mol. The van der Waals surface area contributed by atoms with E-state index in [0.29, 0.717) is 0 Å². The number of pyridine rings is 1. The van der Waals surface area contributed by atoms with Gasteiger partial charge in [-0.05, 0) is 18.2 Å². The number of benzene rings is 2. The third kappa shape index (κ3) is 2.97. The predicted molar refractivity (Wildman–Crippen MR) is 85.1 cm³/mol. The summed E-state index contributed by atoms with van der Waals surface area (Å²) in [6, 6.07) is 20.2. The second-order valence-corrected chi connectivity index (χ2v) is 4.12. The van der Waals surface area contributed by atoms with E-state index in [4.69, 9.17) is 4.74 Å². The first-order valence-electron chi connectivity index (χ1n) is 6.87. The van der Waals surface area contributed by atoms with Crippen LogP contribution in [0.15, 0.2) is 60.7 Å². The molecule has 20 heavy (non-hydrogen) atoms. The zero-order valence-corrected chi connectivity index (χ0v) is 12.1. The van der Waals surface area contributed by atoms with E-state index in [2.05, 4.69) is 23.2 Å². The Morgan fingerprint density at radius 1 is 0.850 bits per heavy atom. The lowest BCUT2D eigenvalue weighted by atomic mass is 10.1. The van der Waals surface area contributed by atoms with Gasteiger partial charge in [0, 0.05) is 17.0 Å². The smallest absolute Gasteiger partial charge is 0.121 e. The van der Waals surface area contributed by atoms with E-state index >= 15 is 0 Å². The van der Waals surface area contributed by atoms with Crippen molar-refractivity contribution in [3.63, 3.8) is 0 Å². The van der Waals surface area contributed by atoms with Crippen molar-refractivity contribution in [2.45, 2.75) is 13.8 Å². The Morgan fingerprint density at radius 3 is 2.25 bits per heavy atom. The number of methoxy groups -OCH3 is 1. The Balaban J connectivity index is 0.000000704. The maximum Gasteiger partial charge on any atom is 0.121 e. The third-order valence-electron chi connectivity index (χ3n) is 2.97. The standard InChI is InChI=1S/C16H13NO.C2H6/c1-18-14-9-7-13-8-10-15(17-16(13)11-14)12-5-3-2-4-6-12;1-2/h2-11H,1H3;1-2H3. The summed E-state index contributed by atoms with van der Waals surface area (Å²) < 4.78 is 5.23. The van der Waals surface area contributed by atoms with Gasteiger partial charge in [-0.1, -0.05) is 50.2 Å². The maximum atomic E-state index is 5.23. The highest BCUT2D eigenvalue weighted by Crippen LogP contribution is 2.23. The molecular formula is C18H19NO. The SMILES string of the molecule is CC.COc1ccc2ccc(-c3ccccc3)nc2c1. The Hall–Kier alpha value is -2.35. The Kier molecular flexibility index (Phi) is 4.72. The predicted octanol–water partition coefficient (Wildman–Crippen LogP) is 4.94. The van der Waals surface area contributed by atoms with Crippen LogP contribution in [0.3, 0.4) is 0 Å². The van der Waals surface area contributed by atoms with Gasteiger partial charge in [-0.2, -0.15) is 0 Å².